The minimum absolute atomic E-state index is 0.0717. The lowest BCUT2D eigenvalue weighted by Gasteiger charge is -2.39. The van der Waals surface area contributed by atoms with Crippen molar-refractivity contribution in [2.75, 3.05) is 31.1 Å². The Balaban J connectivity index is 1.52. The van der Waals surface area contributed by atoms with Crippen molar-refractivity contribution >= 4 is 34.2 Å². The van der Waals surface area contributed by atoms with Crippen LogP contribution in [0.25, 0.3) is 0 Å². The number of nitrogens with zero attached hydrogens (tertiary/aromatic N) is 2. The average Bonchev–Trinajstić information content (AvgIpc) is 3.21. The van der Waals surface area contributed by atoms with Gasteiger partial charge in [-0.3, -0.25) is 4.79 Å². The molecule has 0 radical (unpaired) electrons. The van der Waals surface area contributed by atoms with Crippen LogP contribution in [0.15, 0.2) is 42.5 Å². The van der Waals surface area contributed by atoms with E-state index in [1.165, 1.54) is 6.07 Å². The lowest BCUT2D eigenvalue weighted by molar-refractivity contribution is -0.161. The summed E-state index contributed by atoms with van der Waals surface area (Å²) >= 11 is 6.07. The second kappa shape index (κ2) is 12.1. The molecule has 2 saturated heterocycles. The average molecular weight is 594 g/mol. The number of halogens is 2. The number of hydrogen-bond donors (Lipinski definition) is 1. The summed E-state index contributed by atoms with van der Waals surface area (Å²) in [6.07, 6.45) is -1.36. The number of carbonyl (C=O) groups is 1. The van der Waals surface area contributed by atoms with Crippen LogP contribution in [-0.2, 0) is 25.3 Å². The first-order chi connectivity index (χ1) is 18.7. The number of benzene rings is 2. The Kier molecular flexibility index (Phi) is 9.32. The first kappa shape index (κ1) is 30.9. The van der Waals surface area contributed by atoms with E-state index in [1.54, 1.807) is 36.9 Å². The Bertz CT molecular complexity index is 1230. The predicted octanol–water partition coefficient (Wildman–Crippen LogP) is 5.77. The van der Waals surface area contributed by atoms with Gasteiger partial charge < -0.3 is 19.3 Å². The summed E-state index contributed by atoms with van der Waals surface area (Å²) < 4.78 is 43.4. The number of ether oxygens (including phenoxy) is 2. The molecule has 4 atom stereocenters. The minimum atomic E-state index is -1.33. The van der Waals surface area contributed by atoms with Gasteiger partial charge in [0.2, 0.25) is 0 Å². The van der Waals surface area contributed by atoms with Crippen molar-refractivity contribution in [3.05, 3.63) is 64.4 Å². The molecule has 40 heavy (non-hydrogen) atoms. The zero-order valence-electron chi connectivity index (χ0n) is 24.4. The maximum Gasteiger partial charge on any atom is 0.255 e. The highest BCUT2D eigenvalue weighted by Gasteiger charge is 2.47. The van der Waals surface area contributed by atoms with Gasteiger partial charge in [0.05, 0.1) is 21.4 Å². The van der Waals surface area contributed by atoms with Gasteiger partial charge in [-0.25, -0.2) is 13.3 Å². The standard InChI is InChI=1S/C30H41ClFN3O4S/c1-19(2)24(33-40(37)29(3,4)5)22-9-8-10-23(32)25(22)34-15-17-35(18-16-34)28(36)27-26(38-30(6,7)39-27)20-11-13-21(31)14-12-20/h8-14,19,24,26-27,33H,15-18H2,1-7H3/t24-,26?,27?,40?/m0/s1. The van der Waals surface area contributed by atoms with Crippen molar-refractivity contribution in [1.29, 1.82) is 0 Å². The molecule has 1 amide bonds. The second-order valence-electron chi connectivity index (χ2n) is 12.2. The molecular weight excluding hydrogens is 553 g/mol. The fourth-order valence-electron chi connectivity index (χ4n) is 5.14. The summed E-state index contributed by atoms with van der Waals surface area (Å²) in [7, 11) is -1.33. The number of anilines is 1. The Morgan fingerprint density at radius 1 is 1.07 bits per heavy atom. The highest BCUT2D eigenvalue weighted by atomic mass is 35.5. The van der Waals surface area contributed by atoms with Crippen LogP contribution in [0.3, 0.4) is 0 Å². The maximum atomic E-state index is 15.4. The number of carbonyl (C=O) groups excluding carboxylic acids is 1. The van der Waals surface area contributed by atoms with E-state index in [1.807, 2.05) is 57.7 Å². The summed E-state index contributed by atoms with van der Waals surface area (Å²) in [6.45, 7) is 15.1. The van der Waals surface area contributed by atoms with Crippen molar-refractivity contribution in [3.8, 4) is 0 Å². The molecule has 1 N–H and O–H groups in total. The third-order valence-electron chi connectivity index (χ3n) is 7.26. The number of piperazine rings is 1. The summed E-state index contributed by atoms with van der Waals surface area (Å²) in [4.78, 5) is 17.4. The summed E-state index contributed by atoms with van der Waals surface area (Å²) in [5.41, 5.74) is 2.08. The number of para-hydroxylation sites is 1. The van der Waals surface area contributed by atoms with E-state index in [4.69, 9.17) is 21.1 Å². The summed E-state index contributed by atoms with van der Waals surface area (Å²) in [6, 6.07) is 12.0. The van der Waals surface area contributed by atoms with Crippen LogP contribution in [0, 0.1) is 11.7 Å². The van der Waals surface area contributed by atoms with E-state index < -0.39 is 33.7 Å². The molecular formula is C30H41ClFN3O4S. The fraction of sp³-hybridized carbons (Fsp3) is 0.567. The molecule has 0 saturated carbocycles. The van der Waals surface area contributed by atoms with Crippen molar-refractivity contribution in [2.24, 2.45) is 5.92 Å². The number of amides is 1. The van der Waals surface area contributed by atoms with Crippen LogP contribution < -0.4 is 9.62 Å². The molecule has 2 aliphatic rings. The molecule has 2 aromatic carbocycles. The molecule has 2 fully saturated rings. The molecule has 4 rings (SSSR count). The largest absolute Gasteiger partial charge is 0.365 e. The quantitative estimate of drug-likeness (QED) is 0.441. The van der Waals surface area contributed by atoms with E-state index in [0.29, 0.717) is 36.9 Å². The van der Waals surface area contributed by atoms with Gasteiger partial charge in [-0.1, -0.05) is 49.7 Å². The normalized spacial score (nSPS) is 22.9. The van der Waals surface area contributed by atoms with Gasteiger partial charge in [-0.05, 0) is 69.9 Å². The van der Waals surface area contributed by atoms with Crippen molar-refractivity contribution in [1.82, 2.24) is 9.62 Å². The molecule has 10 heteroatoms. The third kappa shape index (κ3) is 6.87. The molecule has 0 aromatic heterocycles. The van der Waals surface area contributed by atoms with E-state index >= 15 is 4.39 Å². The first-order valence-corrected chi connectivity index (χ1v) is 15.3. The van der Waals surface area contributed by atoms with Crippen LogP contribution in [0.1, 0.15) is 71.7 Å². The van der Waals surface area contributed by atoms with Crippen molar-refractivity contribution in [2.45, 2.75) is 77.3 Å². The first-order valence-electron chi connectivity index (χ1n) is 13.8. The van der Waals surface area contributed by atoms with Gasteiger partial charge in [-0.15, -0.1) is 0 Å². The molecule has 0 aliphatic carbocycles. The van der Waals surface area contributed by atoms with E-state index in [-0.39, 0.29) is 23.7 Å². The molecule has 2 aliphatic heterocycles. The van der Waals surface area contributed by atoms with Crippen LogP contribution in [0.5, 0.6) is 0 Å². The van der Waals surface area contributed by atoms with Gasteiger partial charge in [0.1, 0.15) is 11.9 Å². The van der Waals surface area contributed by atoms with E-state index in [2.05, 4.69) is 4.72 Å². The Hall–Kier alpha value is -2.04. The van der Waals surface area contributed by atoms with Crippen molar-refractivity contribution < 1.29 is 22.9 Å². The highest BCUT2D eigenvalue weighted by molar-refractivity contribution is 7.84. The monoisotopic (exact) mass is 593 g/mol. The lowest BCUT2D eigenvalue weighted by atomic mass is 9.94. The molecule has 0 spiro atoms. The number of hydrogen-bond acceptors (Lipinski definition) is 5. The number of nitrogens with one attached hydrogen (secondary N) is 1. The molecule has 7 nitrogen and oxygen atoms in total. The van der Waals surface area contributed by atoms with Crippen molar-refractivity contribution in [3.63, 3.8) is 0 Å². The molecule has 2 heterocycles. The zero-order valence-corrected chi connectivity index (χ0v) is 25.9. The van der Waals surface area contributed by atoms with Crippen LogP contribution in [0.4, 0.5) is 10.1 Å². The topological polar surface area (TPSA) is 71.1 Å². The minimum Gasteiger partial charge on any atom is -0.365 e. The molecule has 3 unspecified atom stereocenters. The molecule has 0 bridgehead atoms. The van der Waals surface area contributed by atoms with Crippen LogP contribution in [-0.4, -0.2) is 57.8 Å². The van der Waals surface area contributed by atoms with Gasteiger partial charge in [0.25, 0.3) is 5.91 Å². The number of rotatable bonds is 7. The van der Waals surface area contributed by atoms with E-state index in [9.17, 15) is 9.00 Å². The van der Waals surface area contributed by atoms with Gasteiger partial charge in [-0.2, -0.15) is 0 Å². The fourth-order valence-corrected chi connectivity index (χ4v) is 6.25. The Labute approximate surface area is 244 Å². The Morgan fingerprint density at radius 3 is 2.27 bits per heavy atom. The maximum absolute atomic E-state index is 15.4. The summed E-state index contributed by atoms with van der Waals surface area (Å²) in [5, 5.41) is 0.605. The van der Waals surface area contributed by atoms with E-state index in [0.717, 1.165) is 11.1 Å². The lowest BCUT2D eigenvalue weighted by Crippen LogP contribution is -2.53. The van der Waals surface area contributed by atoms with Crippen LogP contribution in [0.2, 0.25) is 5.02 Å². The van der Waals surface area contributed by atoms with Gasteiger partial charge in [0, 0.05) is 37.2 Å². The van der Waals surface area contributed by atoms with Gasteiger partial charge in [0.15, 0.2) is 11.9 Å². The SMILES string of the molecule is CC(C)[C@H](NS(=O)C(C)(C)C)c1cccc(F)c1N1CCN(C(=O)C2OC(C)(C)OC2c2ccc(Cl)cc2)CC1. The summed E-state index contributed by atoms with van der Waals surface area (Å²) in [5.74, 6) is -1.33. The van der Waals surface area contributed by atoms with Crippen LogP contribution >= 0.6 is 11.6 Å². The highest BCUT2D eigenvalue weighted by Crippen LogP contribution is 2.40. The smallest absolute Gasteiger partial charge is 0.255 e. The van der Waals surface area contributed by atoms with Gasteiger partial charge >= 0.3 is 0 Å². The Morgan fingerprint density at radius 2 is 1.70 bits per heavy atom. The molecule has 220 valence electrons. The predicted molar refractivity (Wildman–Crippen MR) is 158 cm³/mol. The third-order valence-corrected chi connectivity index (χ3v) is 9.09. The second-order valence-corrected chi connectivity index (χ2v) is 14.7. The zero-order chi connectivity index (χ0) is 29.4. The molecule has 2 aromatic rings.